The van der Waals surface area contributed by atoms with E-state index in [0.717, 1.165) is 4.90 Å². The van der Waals surface area contributed by atoms with E-state index in [4.69, 9.17) is 9.47 Å². The number of ether oxygens (including phenoxy) is 2. The monoisotopic (exact) mass is 359 g/mol. The minimum absolute atomic E-state index is 0.211. The highest BCUT2D eigenvalue weighted by atomic mass is 32.2. The maximum Gasteiger partial charge on any atom is 0.342 e. The molecule has 2 aromatic rings. The lowest BCUT2D eigenvalue weighted by Crippen LogP contribution is -2.34. The van der Waals surface area contributed by atoms with E-state index in [1.54, 1.807) is 48.5 Å². The predicted molar refractivity (Wildman–Crippen MR) is 94.0 cm³/mol. The Morgan fingerprint density at radius 3 is 2.44 bits per heavy atom. The number of carbonyl (C=O) groups is 3. The average Bonchev–Trinajstić information content (AvgIpc) is 2.66. The number of carbonyl (C=O) groups excluding carboxylic acids is 3. The molecule has 2 aromatic carbocycles. The zero-order valence-corrected chi connectivity index (χ0v) is 14.6. The van der Waals surface area contributed by atoms with E-state index in [9.17, 15) is 14.4 Å². The van der Waals surface area contributed by atoms with Gasteiger partial charge >= 0.3 is 5.97 Å². The van der Waals surface area contributed by atoms with Gasteiger partial charge in [-0.1, -0.05) is 18.2 Å². The Kier molecular flexibility index (Phi) is 6.59. The fourth-order valence-corrected chi connectivity index (χ4v) is 2.43. The van der Waals surface area contributed by atoms with Gasteiger partial charge in [0.25, 0.3) is 11.8 Å². The quantitative estimate of drug-likeness (QED) is 0.630. The number of thioether (sulfide) groups is 1. The Labute approximate surface area is 149 Å². The van der Waals surface area contributed by atoms with Crippen molar-refractivity contribution in [3.8, 4) is 5.75 Å². The molecule has 0 aliphatic heterocycles. The second-order valence-corrected chi connectivity index (χ2v) is 5.77. The standard InChI is InChI=1S/C18H17NO5S/c1-23-15-10-13(25-2)8-9-14(15)18(22)24-11-16(20)19-17(21)12-6-4-3-5-7-12/h3-10H,11H2,1-2H3,(H,19,20,21). The zero-order valence-electron chi connectivity index (χ0n) is 13.8. The molecule has 0 aromatic heterocycles. The van der Waals surface area contributed by atoms with E-state index >= 15 is 0 Å². The van der Waals surface area contributed by atoms with Gasteiger partial charge in [-0.15, -0.1) is 11.8 Å². The molecule has 0 saturated carbocycles. The highest BCUT2D eigenvalue weighted by Crippen LogP contribution is 2.25. The summed E-state index contributed by atoms with van der Waals surface area (Å²) in [7, 11) is 1.45. The first-order valence-electron chi connectivity index (χ1n) is 7.33. The highest BCUT2D eigenvalue weighted by Gasteiger charge is 2.17. The van der Waals surface area contributed by atoms with Gasteiger partial charge in [-0.25, -0.2) is 4.79 Å². The fraction of sp³-hybridized carbons (Fsp3) is 0.167. The maximum absolute atomic E-state index is 12.1. The van der Waals surface area contributed by atoms with Crippen molar-refractivity contribution < 1.29 is 23.9 Å². The van der Waals surface area contributed by atoms with E-state index in [1.807, 2.05) is 6.26 Å². The normalized spacial score (nSPS) is 10.0. The molecule has 0 spiro atoms. The van der Waals surface area contributed by atoms with Crippen molar-refractivity contribution in [1.29, 1.82) is 0 Å². The van der Waals surface area contributed by atoms with Crippen LogP contribution in [0.25, 0.3) is 0 Å². The maximum atomic E-state index is 12.1. The van der Waals surface area contributed by atoms with Crippen LogP contribution in [0.4, 0.5) is 0 Å². The summed E-state index contributed by atoms with van der Waals surface area (Å²) in [5.74, 6) is -1.60. The molecule has 1 N–H and O–H groups in total. The molecule has 0 radical (unpaired) electrons. The summed E-state index contributed by atoms with van der Waals surface area (Å²) < 4.78 is 10.1. The molecular formula is C18H17NO5S. The SMILES string of the molecule is COc1cc(SC)ccc1C(=O)OCC(=O)NC(=O)c1ccccc1. The van der Waals surface area contributed by atoms with Gasteiger partial charge in [-0.05, 0) is 36.6 Å². The number of esters is 1. The Hall–Kier alpha value is -2.80. The minimum Gasteiger partial charge on any atom is -0.496 e. The van der Waals surface area contributed by atoms with Gasteiger partial charge in [0.2, 0.25) is 0 Å². The van der Waals surface area contributed by atoms with Crippen LogP contribution in [0.1, 0.15) is 20.7 Å². The van der Waals surface area contributed by atoms with E-state index in [2.05, 4.69) is 5.32 Å². The first kappa shape index (κ1) is 18.5. The second kappa shape index (κ2) is 8.89. The van der Waals surface area contributed by atoms with Crippen LogP contribution < -0.4 is 10.1 Å². The third-order valence-corrected chi connectivity index (χ3v) is 3.98. The lowest BCUT2D eigenvalue weighted by Gasteiger charge is -2.10. The molecule has 0 fully saturated rings. The summed E-state index contributed by atoms with van der Waals surface area (Å²) in [5, 5.41) is 2.16. The van der Waals surface area contributed by atoms with Crippen LogP contribution in [0.2, 0.25) is 0 Å². The van der Waals surface area contributed by atoms with Crippen LogP contribution in [0.5, 0.6) is 5.75 Å². The minimum atomic E-state index is -0.707. The largest absolute Gasteiger partial charge is 0.496 e. The molecule has 0 saturated heterocycles. The first-order valence-corrected chi connectivity index (χ1v) is 8.56. The van der Waals surface area contributed by atoms with Crippen LogP contribution in [0, 0.1) is 0 Å². The predicted octanol–water partition coefficient (Wildman–Crippen LogP) is 2.53. The molecule has 130 valence electrons. The van der Waals surface area contributed by atoms with Crippen LogP contribution in [-0.4, -0.2) is 37.8 Å². The fourth-order valence-electron chi connectivity index (χ4n) is 2.00. The Morgan fingerprint density at radius 2 is 1.80 bits per heavy atom. The number of benzene rings is 2. The summed E-state index contributed by atoms with van der Waals surface area (Å²) in [6, 6.07) is 13.3. The lowest BCUT2D eigenvalue weighted by atomic mass is 10.2. The van der Waals surface area contributed by atoms with Gasteiger partial charge in [0.15, 0.2) is 6.61 Å². The molecule has 2 amide bonds. The third kappa shape index (κ3) is 5.09. The molecular weight excluding hydrogens is 342 g/mol. The smallest absolute Gasteiger partial charge is 0.342 e. The molecule has 0 atom stereocenters. The van der Waals surface area contributed by atoms with Gasteiger partial charge in [0.05, 0.1) is 7.11 Å². The topological polar surface area (TPSA) is 81.7 Å². The summed E-state index contributed by atoms with van der Waals surface area (Å²) in [5.41, 5.74) is 0.555. The van der Waals surface area contributed by atoms with E-state index in [-0.39, 0.29) is 5.56 Å². The number of rotatable bonds is 6. The molecule has 0 aliphatic carbocycles. The Balaban J connectivity index is 1.93. The van der Waals surface area contributed by atoms with Crippen LogP contribution >= 0.6 is 11.8 Å². The second-order valence-electron chi connectivity index (χ2n) is 4.89. The molecule has 2 rings (SSSR count). The number of nitrogens with one attached hydrogen (secondary N) is 1. The first-order chi connectivity index (χ1) is 12.0. The van der Waals surface area contributed by atoms with Gasteiger partial charge in [-0.2, -0.15) is 0 Å². The third-order valence-electron chi connectivity index (χ3n) is 3.25. The summed E-state index contributed by atoms with van der Waals surface area (Å²) in [6.45, 7) is -0.565. The average molecular weight is 359 g/mol. The molecule has 0 unspecified atom stereocenters. The number of imide groups is 1. The summed E-state index contributed by atoms with van der Waals surface area (Å²) >= 11 is 1.51. The van der Waals surface area contributed by atoms with Gasteiger partial charge in [-0.3, -0.25) is 14.9 Å². The summed E-state index contributed by atoms with van der Waals surface area (Å²) in [4.78, 5) is 36.7. The zero-order chi connectivity index (χ0) is 18.2. The van der Waals surface area contributed by atoms with Crippen LogP contribution in [0.15, 0.2) is 53.4 Å². The molecule has 6 nitrogen and oxygen atoms in total. The van der Waals surface area contributed by atoms with Crippen LogP contribution in [0.3, 0.4) is 0 Å². The molecule has 0 bridgehead atoms. The van der Waals surface area contributed by atoms with E-state index in [1.165, 1.54) is 18.9 Å². The Morgan fingerprint density at radius 1 is 1.08 bits per heavy atom. The summed E-state index contributed by atoms with van der Waals surface area (Å²) in [6.07, 6.45) is 1.90. The highest BCUT2D eigenvalue weighted by molar-refractivity contribution is 7.98. The number of hydrogen-bond donors (Lipinski definition) is 1. The number of hydrogen-bond acceptors (Lipinski definition) is 6. The van der Waals surface area contributed by atoms with Crippen molar-refractivity contribution in [2.24, 2.45) is 0 Å². The van der Waals surface area contributed by atoms with Crippen molar-refractivity contribution >= 4 is 29.5 Å². The Bertz CT molecular complexity index is 776. The number of methoxy groups -OCH3 is 1. The molecule has 25 heavy (non-hydrogen) atoms. The van der Waals surface area contributed by atoms with E-state index in [0.29, 0.717) is 11.3 Å². The van der Waals surface area contributed by atoms with Crippen molar-refractivity contribution in [3.63, 3.8) is 0 Å². The number of amides is 2. The van der Waals surface area contributed by atoms with Crippen LogP contribution in [-0.2, 0) is 9.53 Å². The lowest BCUT2D eigenvalue weighted by molar-refractivity contribution is -0.123. The molecule has 7 heteroatoms. The van der Waals surface area contributed by atoms with Crippen molar-refractivity contribution in [3.05, 3.63) is 59.7 Å². The van der Waals surface area contributed by atoms with Crippen molar-refractivity contribution in [2.75, 3.05) is 20.0 Å². The van der Waals surface area contributed by atoms with Crippen molar-refractivity contribution in [2.45, 2.75) is 4.90 Å². The van der Waals surface area contributed by atoms with Gasteiger partial charge in [0.1, 0.15) is 11.3 Å². The molecule has 0 aliphatic rings. The van der Waals surface area contributed by atoms with E-state index < -0.39 is 24.4 Å². The van der Waals surface area contributed by atoms with Crippen molar-refractivity contribution in [1.82, 2.24) is 5.32 Å². The van der Waals surface area contributed by atoms with Gasteiger partial charge < -0.3 is 9.47 Å². The van der Waals surface area contributed by atoms with Gasteiger partial charge in [0, 0.05) is 10.5 Å². The molecule has 0 heterocycles.